The molecule has 1 fully saturated rings. The normalized spacial score (nSPS) is 34.2. The van der Waals surface area contributed by atoms with Crippen LogP contribution in [0.2, 0.25) is 0 Å². The van der Waals surface area contributed by atoms with Crippen molar-refractivity contribution in [2.75, 3.05) is 0 Å². The van der Waals surface area contributed by atoms with Crippen molar-refractivity contribution >= 4 is 15.9 Å². The van der Waals surface area contributed by atoms with Crippen molar-refractivity contribution < 1.29 is 0 Å². The average Bonchev–Trinajstić information content (AvgIpc) is 2.29. The summed E-state index contributed by atoms with van der Waals surface area (Å²) in [7, 11) is 0. The Kier molecular flexibility index (Phi) is 4.63. The van der Waals surface area contributed by atoms with E-state index in [4.69, 9.17) is 0 Å². The van der Waals surface area contributed by atoms with Gasteiger partial charge in [-0.15, -0.1) is 0 Å². The zero-order valence-electron chi connectivity index (χ0n) is 8.35. The van der Waals surface area contributed by atoms with E-state index in [1.54, 1.807) is 0 Å². The molecule has 0 spiro atoms. The quantitative estimate of drug-likeness (QED) is 0.490. The monoisotopic (exact) mass is 232 g/mol. The molecule has 0 heterocycles. The second-order valence-electron chi connectivity index (χ2n) is 4.30. The average molecular weight is 233 g/mol. The molecule has 0 bridgehead atoms. The van der Waals surface area contributed by atoms with Crippen LogP contribution in [0.5, 0.6) is 0 Å². The van der Waals surface area contributed by atoms with E-state index in [9.17, 15) is 0 Å². The Morgan fingerprint density at radius 1 is 1.25 bits per heavy atom. The number of rotatable bonds is 2. The Morgan fingerprint density at radius 3 is 2.67 bits per heavy atom. The third-order valence-electron chi connectivity index (χ3n) is 3.20. The van der Waals surface area contributed by atoms with Crippen molar-refractivity contribution in [1.82, 2.24) is 0 Å². The van der Waals surface area contributed by atoms with Crippen molar-refractivity contribution in [3.8, 4) is 0 Å². The smallest absolute Gasteiger partial charge is 0.0171 e. The zero-order chi connectivity index (χ0) is 8.97. The molecule has 12 heavy (non-hydrogen) atoms. The second-order valence-corrected chi connectivity index (χ2v) is 5.47. The highest BCUT2D eigenvalue weighted by Crippen LogP contribution is 2.32. The molecular formula is C11H21Br. The molecule has 0 radical (unpaired) electrons. The van der Waals surface area contributed by atoms with E-state index in [2.05, 4.69) is 29.8 Å². The van der Waals surface area contributed by atoms with Crippen molar-refractivity contribution in [2.45, 2.75) is 57.2 Å². The largest absolute Gasteiger partial charge is 0.0888 e. The number of halogens is 1. The molecule has 0 aromatic heterocycles. The molecule has 0 amide bonds. The Balaban J connectivity index is 2.35. The Bertz CT molecular complexity index is 122. The maximum atomic E-state index is 3.79. The van der Waals surface area contributed by atoms with Gasteiger partial charge in [0.1, 0.15) is 0 Å². The lowest BCUT2D eigenvalue weighted by Gasteiger charge is -2.19. The Labute approximate surface area is 85.3 Å². The lowest BCUT2D eigenvalue weighted by Crippen LogP contribution is -2.12. The van der Waals surface area contributed by atoms with Gasteiger partial charge in [-0.3, -0.25) is 0 Å². The van der Waals surface area contributed by atoms with Crippen molar-refractivity contribution in [1.29, 1.82) is 0 Å². The predicted octanol–water partition coefficient (Wildman–Crippen LogP) is 4.38. The standard InChI is InChI=1S/C11H21Br/c1-3-11(12)10-6-4-5-9(2)7-8-10/h9-11H,3-8H2,1-2H3. The van der Waals surface area contributed by atoms with E-state index in [0.29, 0.717) is 0 Å². The van der Waals surface area contributed by atoms with Crippen molar-refractivity contribution in [2.24, 2.45) is 11.8 Å². The predicted molar refractivity (Wildman–Crippen MR) is 58.7 cm³/mol. The molecule has 0 saturated heterocycles. The molecule has 1 saturated carbocycles. The van der Waals surface area contributed by atoms with Gasteiger partial charge in [0.25, 0.3) is 0 Å². The lowest BCUT2D eigenvalue weighted by atomic mass is 9.95. The maximum absolute atomic E-state index is 3.79. The van der Waals surface area contributed by atoms with Crippen LogP contribution in [0.25, 0.3) is 0 Å². The molecular weight excluding hydrogens is 212 g/mol. The van der Waals surface area contributed by atoms with Gasteiger partial charge in [0.05, 0.1) is 0 Å². The topological polar surface area (TPSA) is 0 Å². The van der Waals surface area contributed by atoms with Crippen LogP contribution in [-0.4, -0.2) is 4.83 Å². The van der Waals surface area contributed by atoms with Crippen molar-refractivity contribution in [3.63, 3.8) is 0 Å². The van der Waals surface area contributed by atoms with Crippen LogP contribution in [0, 0.1) is 11.8 Å². The molecule has 3 atom stereocenters. The second kappa shape index (κ2) is 5.26. The van der Waals surface area contributed by atoms with Crippen LogP contribution in [-0.2, 0) is 0 Å². The highest BCUT2D eigenvalue weighted by molar-refractivity contribution is 9.09. The molecule has 3 unspecified atom stereocenters. The van der Waals surface area contributed by atoms with E-state index in [0.717, 1.165) is 16.7 Å². The van der Waals surface area contributed by atoms with Gasteiger partial charge in [-0.05, 0) is 31.1 Å². The van der Waals surface area contributed by atoms with Gasteiger partial charge in [0.2, 0.25) is 0 Å². The minimum absolute atomic E-state index is 0.780. The number of alkyl halides is 1. The zero-order valence-corrected chi connectivity index (χ0v) is 9.94. The van der Waals surface area contributed by atoms with Gasteiger partial charge >= 0.3 is 0 Å². The molecule has 0 N–H and O–H groups in total. The molecule has 0 aromatic carbocycles. The SMILES string of the molecule is CCC(Br)C1CCCC(C)CC1. The van der Waals surface area contributed by atoms with E-state index in [1.807, 2.05) is 0 Å². The first-order chi connectivity index (χ1) is 5.74. The first kappa shape index (κ1) is 10.6. The van der Waals surface area contributed by atoms with Gasteiger partial charge in [-0.25, -0.2) is 0 Å². The molecule has 1 heteroatoms. The van der Waals surface area contributed by atoms with Crippen molar-refractivity contribution in [3.05, 3.63) is 0 Å². The van der Waals surface area contributed by atoms with E-state index in [-0.39, 0.29) is 0 Å². The number of hydrogen-bond acceptors (Lipinski definition) is 0. The minimum atomic E-state index is 0.780. The summed E-state index contributed by atoms with van der Waals surface area (Å²) in [5, 5.41) is 0. The van der Waals surface area contributed by atoms with E-state index in [1.165, 1.54) is 38.5 Å². The number of hydrogen-bond donors (Lipinski definition) is 0. The molecule has 72 valence electrons. The molecule has 1 aliphatic carbocycles. The summed E-state index contributed by atoms with van der Waals surface area (Å²) in [6, 6.07) is 0. The molecule has 1 rings (SSSR count). The van der Waals surface area contributed by atoms with Gasteiger partial charge < -0.3 is 0 Å². The molecule has 0 aromatic rings. The van der Waals surface area contributed by atoms with Gasteiger partial charge in [-0.1, -0.05) is 49.0 Å². The van der Waals surface area contributed by atoms with Crippen LogP contribution in [0.15, 0.2) is 0 Å². The summed E-state index contributed by atoms with van der Waals surface area (Å²) in [6.07, 6.45) is 8.55. The Hall–Kier alpha value is 0.480. The maximum Gasteiger partial charge on any atom is 0.0171 e. The fourth-order valence-corrected chi connectivity index (χ4v) is 2.74. The van der Waals surface area contributed by atoms with Crippen LogP contribution < -0.4 is 0 Å². The van der Waals surface area contributed by atoms with E-state index < -0.39 is 0 Å². The van der Waals surface area contributed by atoms with Crippen LogP contribution >= 0.6 is 15.9 Å². The van der Waals surface area contributed by atoms with Crippen LogP contribution in [0.4, 0.5) is 0 Å². The molecule has 1 aliphatic rings. The van der Waals surface area contributed by atoms with Gasteiger partial charge in [0.15, 0.2) is 0 Å². The highest BCUT2D eigenvalue weighted by atomic mass is 79.9. The summed E-state index contributed by atoms with van der Waals surface area (Å²) in [6.45, 7) is 4.69. The third kappa shape index (κ3) is 3.08. The summed E-state index contributed by atoms with van der Waals surface area (Å²) in [5.74, 6) is 1.94. The van der Waals surface area contributed by atoms with Gasteiger partial charge in [-0.2, -0.15) is 0 Å². The first-order valence-corrected chi connectivity index (χ1v) is 6.29. The summed E-state index contributed by atoms with van der Waals surface area (Å²) in [4.78, 5) is 0.780. The van der Waals surface area contributed by atoms with Crippen LogP contribution in [0.1, 0.15) is 52.4 Å². The summed E-state index contributed by atoms with van der Waals surface area (Å²) >= 11 is 3.79. The molecule has 0 aliphatic heterocycles. The Morgan fingerprint density at radius 2 is 2.00 bits per heavy atom. The fraction of sp³-hybridized carbons (Fsp3) is 1.00. The van der Waals surface area contributed by atoms with E-state index >= 15 is 0 Å². The van der Waals surface area contributed by atoms with Gasteiger partial charge in [0, 0.05) is 4.83 Å². The lowest BCUT2D eigenvalue weighted by molar-refractivity contribution is 0.430. The summed E-state index contributed by atoms with van der Waals surface area (Å²) < 4.78 is 0. The third-order valence-corrected chi connectivity index (χ3v) is 4.60. The minimum Gasteiger partial charge on any atom is -0.0888 e. The first-order valence-electron chi connectivity index (χ1n) is 5.38. The van der Waals surface area contributed by atoms with Crippen LogP contribution in [0.3, 0.4) is 0 Å². The summed E-state index contributed by atoms with van der Waals surface area (Å²) in [5.41, 5.74) is 0. The highest BCUT2D eigenvalue weighted by Gasteiger charge is 2.20. The fourth-order valence-electron chi connectivity index (χ4n) is 2.21. The molecule has 0 nitrogen and oxygen atoms in total.